The Labute approximate surface area is 100 Å². The molecule has 0 saturated carbocycles. The zero-order valence-corrected chi connectivity index (χ0v) is 9.92. The molecule has 0 bridgehead atoms. The number of nitrogens with two attached hydrogens (primary N) is 1. The average molecular weight is 229 g/mol. The number of aryl methyl sites for hydroxylation is 1. The zero-order chi connectivity index (χ0) is 12.3. The Balaban J connectivity index is 2.14. The number of benzene rings is 1. The lowest BCUT2D eigenvalue weighted by atomic mass is 10.2. The van der Waals surface area contributed by atoms with Crippen LogP contribution in [0.15, 0.2) is 36.7 Å². The summed E-state index contributed by atoms with van der Waals surface area (Å²) >= 11 is 0. The molecule has 17 heavy (non-hydrogen) atoms. The van der Waals surface area contributed by atoms with Crippen LogP contribution in [0.5, 0.6) is 11.5 Å². The van der Waals surface area contributed by atoms with Gasteiger partial charge in [0.25, 0.3) is 0 Å². The first kappa shape index (κ1) is 11.5. The first-order valence-electron chi connectivity index (χ1n) is 5.47. The van der Waals surface area contributed by atoms with Gasteiger partial charge in [0.2, 0.25) is 0 Å². The van der Waals surface area contributed by atoms with E-state index in [1.54, 1.807) is 12.4 Å². The quantitative estimate of drug-likeness (QED) is 0.878. The molecule has 0 radical (unpaired) electrons. The summed E-state index contributed by atoms with van der Waals surface area (Å²) < 4.78 is 5.63. The van der Waals surface area contributed by atoms with Crippen molar-refractivity contribution in [1.82, 2.24) is 9.97 Å². The molecule has 0 spiro atoms. The summed E-state index contributed by atoms with van der Waals surface area (Å²) in [6, 6.07) is 7.65. The van der Waals surface area contributed by atoms with Crippen molar-refractivity contribution in [3.8, 4) is 11.5 Å². The highest BCUT2D eigenvalue weighted by molar-refractivity contribution is 5.31. The maximum Gasteiger partial charge on any atom is 0.164 e. The third-order valence-electron chi connectivity index (χ3n) is 2.28. The third kappa shape index (κ3) is 3.01. The van der Waals surface area contributed by atoms with E-state index in [0.717, 1.165) is 11.3 Å². The molecule has 1 heterocycles. The van der Waals surface area contributed by atoms with Crippen molar-refractivity contribution < 1.29 is 4.74 Å². The Morgan fingerprint density at radius 1 is 1.18 bits per heavy atom. The van der Waals surface area contributed by atoms with Gasteiger partial charge >= 0.3 is 0 Å². The fraction of sp³-hybridized carbons (Fsp3) is 0.231. The Kier molecular flexibility index (Phi) is 3.35. The zero-order valence-electron chi connectivity index (χ0n) is 9.92. The van der Waals surface area contributed by atoms with Crippen LogP contribution in [0, 0.1) is 6.92 Å². The van der Waals surface area contributed by atoms with Crippen LogP contribution in [0.3, 0.4) is 0 Å². The van der Waals surface area contributed by atoms with Crippen molar-refractivity contribution in [3.63, 3.8) is 0 Å². The van der Waals surface area contributed by atoms with Crippen molar-refractivity contribution in [2.24, 2.45) is 5.73 Å². The maximum atomic E-state index is 5.67. The van der Waals surface area contributed by atoms with E-state index in [1.165, 1.54) is 0 Å². The Morgan fingerprint density at radius 2 is 1.88 bits per heavy atom. The molecular weight excluding hydrogens is 214 g/mol. The van der Waals surface area contributed by atoms with Gasteiger partial charge in [-0.1, -0.05) is 12.1 Å². The highest BCUT2D eigenvalue weighted by Gasteiger charge is 2.03. The number of rotatable bonds is 3. The molecule has 1 atom stereocenters. The summed E-state index contributed by atoms with van der Waals surface area (Å²) in [4.78, 5) is 8.27. The summed E-state index contributed by atoms with van der Waals surface area (Å²) in [6.45, 7) is 3.86. The van der Waals surface area contributed by atoms with Crippen LogP contribution in [-0.2, 0) is 0 Å². The van der Waals surface area contributed by atoms with E-state index in [0.29, 0.717) is 11.6 Å². The first-order chi connectivity index (χ1) is 8.15. The lowest BCUT2D eigenvalue weighted by Gasteiger charge is -2.07. The molecule has 0 aliphatic rings. The summed E-state index contributed by atoms with van der Waals surface area (Å²) in [6.07, 6.45) is 3.27. The van der Waals surface area contributed by atoms with Crippen molar-refractivity contribution in [3.05, 3.63) is 48.0 Å². The number of hydrogen-bond acceptors (Lipinski definition) is 4. The van der Waals surface area contributed by atoms with E-state index >= 15 is 0 Å². The Morgan fingerprint density at radius 3 is 2.47 bits per heavy atom. The number of ether oxygens (including phenoxy) is 1. The number of aromatic nitrogens is 2. The second kappa shape index (κ2) is 4.93. The van der Waals surface area contributed by atoms with Crippen LogP contribution in [0.1, 0.15) is 24.4 Å². The maximum absolute atomic E-state index is 5.67. The smallest absolute Gasteiger partial charge is 0.164 e. The monoisotopic (exact) mass is 229 g/mol. The van der Waals surface area contributed by atoms with Gasteiger partial charge in [0.05, 0.1) is 18.4 Å². The van der Waals surface area contributed by atoms with Gasteiger partial charge in [-0.05, 0) is 31.5 Å². The minimum absolute atomic E-state index is 0.164. The normalized spacial score (nSPS) is 12.2. The first-order valence-corrected chi connectivity index (χ1v) is 5.47. The van der Waals surface area contributed by atoms with Crippen molar-refractivity contribution >= 4 is 0 Å². The summed E-state index contributed by atoms with van der Waals surface area (Å²) in [5.41, 5.74) is 6.82. The molecule has 88 valence electrons. The fourth-order valence-corrected chi connectivity index (χ4v) is 1.43. The van der Waals surface area contributed by atoms with E-state index < -0.39 is 0 Å². The summed E-state index contributed by atoms with van der Waals surface area (Å²) in [5.74, 6) is 2.00. The predicted octanol–water partition coefficient (Wildman–Crippen LogP) is 2.60. The van der Waals surface area contributed by atoms with Crippen LogP contribution in [-0.4, -0.2) is 9.97 Å². The largest absolute Gasteiger partial charge is 0.454 e. The van der Waals surface area contributed by atoms with Crippen molar-refractivity contribution in [2.45, 2.75) is 19.9 Å². The minimum Gasteiger partial charge on any atom is -0.454 e. The molecule has 1 aromatic heterocycles. The lowest BCUT2D eigenvalue weighted by Crippen LogP contribution is -2.09. The number of nitrogens with zero attached hydrogens (tertiary/aromatic N) is 2. The molecule has 2 aromatic rings. The van der Waals surface area contributed by atoms with E-state index in [9.17, 15) is 0 Å². The Hall–Kier alpha value is -1.94. The van der Waals surface area contributed by atoms with Gasteiger partial charge in [0.1, 0.15) is 11.6 Å². The van der Waals surface area contributed by atoms with Gasteiger partial charge < -0.3 is 10.5 Å². The average Bonchev–Trinajstić information content (AvgIpc) is 2.29. The molecular formula is C13H15N3O. The standard InChI is InChI=1S/C13H15N3O/c1-9-4-3-5-11(6-9)17-12-7-15-13(10(2)14)16-8-12/h3-8,10H,14H2,1-2H3. The molecule has 4 heteroatoms. The molecule has 0 saturated heterocycles. The predicted molar refractivity (Wildman–Crippen MR) is 65.9 cm³/mol. The minimum atomic E-state index is -0.164. The second-order valence-electron chi connectivity index (χ2n) is 3.98. The van der Waals surface area contributed by atoms with E-state index in [-0.39, 0.29) is 6.04 Å². The fourth-order valence-electron chi connectivity index (χ4n) is 1.43. The highest BCUT2D eigenvalue weighted by atomic mass is 16.5. The van der Waals surface area contributed by atoms with Crippen molar-refractivity contribution in [1.29, 1.82) is 0 Å². The van der Waals surface area contributed by atoms with Gasteiger partial charge in [-0.15, -0.1) is 0 Å². The van der Waals surface area contributed by atoms with E-state index in [2.05, 4.69) is 9.97 Å². The Bertz CT molecular complexity index is 494. The van der Waals surface area contributed by atoms with Crippen LogP contribution in [0.2, 0.25) is 0 Å². The summed E-state index contributed by atoms with van der Waals surface area (Å²) in [7, 11) is 0. The molecule has 1 unspecified atom stereocenters. The molecule has 2 rings (SSSR count). The van der Waals surface area contributed by atoms with Gasteiger partial charge in [0.15, 0.2) is 5.75 Å². The molecule has 0 aliphatic carbocycles. The van der Waals surface area contributed by atoms with Gasteiger partial charge in [-0.2, -0.15) is 0 Å². The lowest BCUT2D eigenvalue weighted by molar-refractivity contribution is 0.475. The SMILES string of the molecule is Cc1cccc(Oc2cnc(C(C)N)nc2)c1. The molecule has 1 aromatic carbocycles. The van der Waals surface area contributed by atoms with Crippen LogP contribution in [0.25, 0.3) is 0 Å². The molecule has 2 N–H and O–H groups in total. The topological polar surface area (TPSA) is 61.0 Å². The molecule has 4 nitrogen and oxygen atoms in total. The van der Waals surface area contributed by atoms with Gasteiger partial charge in [-0.3, -0.25) is 0 Å². The molecule has 0 aliphatic heterocycles. The second-order valence-corrected chi connectivity index (χ2v) is 3.98. The van der Waals surface area contributed by atoms with E-state index in [1.807, 2.05) is 38.1 Å². The van der Waals surface area contributed by atoms with Crippen LogP contribution >= 0.6 is 0 Å². The summed E-state index contributed by atoms with van der Waals surface area (Å²) in [5, 5.41) is 0. The third-order valence-corrected chi connectivity index (χ3v) is 2.28. The van der Waals surface area contributed by atoms with Crippen LogP contribution < -0.4 is 10.5 Å². The molecule has 0 amide bonds. The van der Waals surface area contributed by atoms with E-state index in [4.69, 9.17) is 10.5 Å². The highest BCUT2D eigenvalue weighted by Crippen LogP contribution is 2.20. The van der Waals surface area contributed by atoms with Gasteiger partial charge in [-0.25, -0.2) is 9.97 Å². The molecule has 0 fully saturated rings. The van der Waals surface area contributed by atoms with Crippen molar-refractivity contribution in [2.75, 3.05) is 0 Å². The van der Waals surface area contributed by atoms with Crippen LogP contribution in [0.4, 0.5) is 0 Å². The van der Waals surface area contributed by atoms with Gasteiger partial charge in [0, 0.05) is 0 Å². The number of hydrogen-bond donors (Lipinski definition) is 1.